The normalized spacial score (nSPS) is 23.5. The first-order chi connectivity index (χ1) is 8.08. The second-order valence-corrected chi connectivity index (χ2v) is 4.63. The average Bonchev–Trinajstić information content (AvgIpc) is 2.81. The van der Waals surface area contributed by atoms with Crippen LogP contribution in [0, 0.1) is 0 Å². The average molecular weight is 245 g/mol. The van der Waals surface area contributed by atoms with Crippen molar-refractivity contribution in [2.24, 2.45) is 5.73 Å². The minimum Gasteiger partial charge on any atom is -0.480 e. The molecule has 1 aliphatic rings. The van der Waals surface area contributed by atoms with E-state index < -0.39 is 11.5 Å². The molecule has 100 valence electrons. The van der Waals surface area contributed by atoms with Crippen LogP contribution in [0.15, 0.2) is 0 Å². The van der Waals surface area contributed by atoms with E-state index in [9.17, 15) is 4.79 Å². The summed E-state index contributed by atoms with van der Waals surface area (Å²) in [5, 5.41) is 8.98. The van der Waals surface area contributed by atoms with Gasteiger partial charge < -0.3 is 20.3 Å². The maximum atomic E-state index is 10.9. The Balaban J connectivity index is 2.08. The van der Waals surface area contributed by atoms with Gasteiger partial charge in [0.05, 0.1) is 12.7 Å². The molecule has 17 heavy (non-hydrogen) atoms. The van der Waals surface area contributed by atoms with Gasteiger partial charge in [-0.2, -0.15) is 0 Å². The first-order valence-electron chi connectivity index (χ1n) is 6.30. The van der Waals surface area contributed by atoms with Gasteiger partial charge in [0.15, 0.2) is 0 Å². The molecule has 0 aromatic heterocycles. The Morgan fingerprint density at radius 2 is 2.41 bits per heavy atom. The van der Waals surface area contributed by atoms with Crippen LogP contribution in [-0.4, -0.2) is 42.5 Å². The SMILES string of the molecule is CCC(N)(CCCOCC1CCCO1)C(=O)O. The lowest BCUT2D eigenvalue weighted by molar-refractivity contribution is -0.143. The van der Waals surface area contributed by atoms with Crippen LogP contribution in [0.3, 0.4) is 0 Å². The molecule has 3 N–H and O–H groups in total. The van der Waals surface area contributed by atoms with Gasteiger partial charge in [0, 0.05) is 13.2 Å². The molecule has 1 rings (SSSR count). The molecule has 0 spiro atoms. The fourth-order valence-electron chi connectivity index (χ4n) is 1.92. The highest BCUT2D eigenvalue weighted by Gasteiger charge is 2.30. The summed E-state index contributed by atoms with van der Waals surface area (Å²) in [6.07, 6.45) is 3.95. The standard InChI is InChI=1S/C12H23NO4/c1-2-12(13,11(14)15)6-4-7-16-9-10-5-3-8-17-10/h10H,2-9,13H2,1H3,(H,14,15). The van der Waals surface area contributed by atoms with Crippen LogP contribution < -0.4 is 5.73 Å². The van der Waals surface area contributed by atoms with E-state index in [4.69, 9.17) is 20.3 Å². The summed E-state index contributed by atoms with van der Waals surface area (Å²) in [5.41, 5.74) is 4.66. The van der Waals surface area contributed by atoms with Crippen molar-refractivity contribution in [3.8, 4) is 0 Å². The van der Waals surface area contributed by atoms with Gasteiger partial charge in [-0.25, -0.2) is 0 Å². The zero-order valence-electron chi connectivity index (χ0n) is 10.5. The van der Waals surface area contributed by atoms with Gasteiger partial charge in [0.25, 0.3) is 0 Å². The summed E-state index contributed by atoms with van der Waals surface area (Å²) in [6.45, 7) is 3.78. The largest absolute Gasteiger partial charge is 0.480 e. The van der Waals surface area contributed by atoms with Crippen molar-refractivity contribution in [2.75, 3.05) is 19.8 Å². The zero-order valence-corrected chi connectivity index (χ0v) is 10.5. The summed E-state index contributed by atoms with van der Waals surface area (Å²) in [6, 6.07) is 0. The second-order valence-electron chi connectivity index (χ2n) is 4.63. The minimum absolute atomic E-state index is 0.225. The lowest BCUT2D eigenvalue weighted by atomic mass is 9.92. The van der Waals surface area contributed by atoms with E-state index in [1.165, 1.54) is 0 Å². The number of hydrogen-bond donors (Lipinski definition) is 2. The Hall–Kier alpha value is -0.650. The molecular weight excluding hydrogens is 222 g/mol. The second kappa shape index (κ2) is 6.93. The Labute approximate surface area is 102 Å². The van der Waals surface area contributed by atoms with E-state index in [0.717, 1.165) is 19.4 Å². The van der Waals surface area contributed by atoms with E-state index in [-0.39, 0.29) is 6.10 Å². The summed E-state index contributed by atoms with van der Waals surface area (Å²) < 4.78 is 10.9. The smallest absolute Gasteiger partial charge is 0.323 e. The number of carboxylic acids is 1. The zero-order chi connectivity index (χ0) is 12.7. The third-order valence-corrected chi connectivity index (χ3v) is 3.30. The van der Waals surface area contributed by atoms with Crippen molar-refractivity contribution in [1.29, 1.82) is 0 Å². The molecule has 2 atom stereocenters. The predicted molar refractivity (Wildman–Crippen MR) is 63.9 cm³/mol. The van der Waals surface area contributed by atoms with Gasteiger partial charge in [-0.05, 0) is 32.1 Å². The molecule has 0 aliphatic carbocycles. The van der Waals surface area contributed by atoms with Crippen LogP contribution in [0.5, 0.6) is 0 Å². The maximum Gasteiger partial charge on any atom is 0.323 e. The molecule has 1 fully saturated rings. The minimum atomic E-state index is -1.10. The van der Waals surface area contributed by atoms with Crippen molar-refractivity contribution in [1.82, 2.24) is 0 Å². The molecular formula is C12H23NO4. The quantitative estimate of drug-likeness (QED) is 0.627. The molecule has 0 aromatic rings. The first kappa shape index (κ1) is 14.4. The van der Waals surface area contributed by atoms with Gasteiger partial charge in [0.1, 0.15) is 5.54 Å². The van der Waals surface area contributed by atoms with Crippen LogP contribution in [0.4, 0.5) is 0 Å². The van der Waals surface area contributed by atoms with Gasteiger partial charge in [-0.15, -0.1) is 0 Å². The Kier molecular flexibility index (Phi) is 5.88. The molecule has 0 aromatic carbocycles. The monoisotopic (exact) mass is 245 g/mol. The highest BCUT2D eigenvalue weighted by Crippen LogP contribution is 2.15. The van der Waals surface area contributed by atoms with Crippen molar-refractivity contribution in [3.05, 3.63) is 0 Å². The summed E-state index contributed by atoms with van der Waals surface area (Å²) in [5.74, 6) is -0.931. The number of carbonyl (C=O) groups is 1. The van der Waals surface area contributed by atoms with E-state index in [2.05, 4.69) is 0 Å². The lowest BCUT2D eigenvalue weighted by Crippen LogP contribution is -2.47. The van der Waals surface area contributed by atoms with Crippen molar-refractivity contribution in [2.45, 2.75) is 50.7 Å². The fourth-order valence-corrected chi connectivity index (χ4v) is 1.92. The third-order valence-electron chi connectivity index (χ3n) is 3.30. The van der Waals surface area contributed by atoms with Crippen molar-refractivity contribution < 1.29 is 19.4 Å². The number of hydrogen-bond acceptors (Lipinski definition) is 4. The molecule has 0 radical (unpaired) electrons. The summed E-state index contributed by atoms with van der Waals surface area (Å²) in [4.78, 5) is 10.9. The van der Waals surface area contributed by atoms with Crippen molar-refractivity contribution in [3.63, 3.8) is 0 Å². The van der Waals surface area contributed by atoms with Crippen LogP contribution in [0.1, 0.15) is 39.0 Å². The van der Waals surface area contributed by atoms with Crippen molar-refractivity contribution >= 4 is 5.97 Å². The van der Waals surface area contributed by atoms with E-state index in [1.54, 1.807) is 6.92 Å². The van der Waals surface area contributed by atoms with Gasteiger partial charge in [-0.1, -0.05) is 6.92 Å². The molecule has 0 saturated carbocycles. The summed E-state index contributed by atoms with van der Waals surface area (Å²) >= 11 is 0. The highest BCUT2D eigenvalue weighted by molar-refractivity contribution is 5.78. The Morgan fingerprint density at radius 3 is 2.94 bits per heavy atom. The predicted octanol–water partition coefficient (Wildman–Crippen LogP) is 1.15. The van der Waals surface area contributed by atoms with Crippen LogP contribution in [-0.2, 0) is 14.3 Å². The van der Waals surface area contributed by atoms with Crippen LogP contribution in [0.2, 0.25) is 0 Å². The molecule has 1 heterocycles. The number of ether oxygens (including phenoxy) is 2. The van der Waals surface area contributed by atoms with E-state index in [0.29, 0.717) is 32.5 Å². The molecule has 0 amide bonds. The summed E-state index contributed by atoms with van der Waals surface area (Å²) in [7, 11) is 0. The third kappa shape index (κ3) is 4.61. The number of carboxylic acid groups (broad SMARTS) is 1. The molecule has 1 saturated heterocycles. The molecule has 1 aliphatic heterocycles. The van der Waals surface area contributed by atoms with Crippen LogP contribution in [0.25, 0.3) is 0 Å². The van der Waals surface area contributed by atoms with Crippen LogP contribution >= 0.6 is 0 Å². The highest BCUT2D eigenvalue weighted by atomic mass is 16.5. The Bertz CT molecular complexity index is 241. The first-order valence-corrected chi connectivity index (χ1v) is 6.30. The maximum absolute atomic E-state index is 10.9. The molecule has 0 bridgehead atoms. The molecule has 5 nitrogen and oxygen atoms in total. The molecule has 2 unspecified atom stereocenters. The topological polar surface area (TPSA) is 81.8 Å². The van der Waals surface area contributed by atoms with Gasteiger partial charge in [0.2, 0.25) is 0 Å². The number of aliphatic carboxylic acids is 1. The van der Waals surface area contributed by atoms with Gasteiger partial charge >= 0.3 is 5.97 Å². The Morgan fingerprint density at radius 1 is 1.65 bits per heavy atom. The fraction of sp³-hybridized carbons (Fsp3) is 0.917. The number of nitrogens with two attached hydrogens (primary N) is 1. The van der Waals surface area contributed by atoms with E-state index in [1.807, 2.05) is 0 Å². The number of rotatable bonds is 8. The van der Waals surface area contributed by atoms with E-state index >= 15 is 0 Å². The lowest BCUT2D eigenvalue weighted by Gasteiger charge is -2.22. The molecule has 5 heteroatoms. The van der Waals surface area contributed by atoms with Gasteiger partial charge in [-0.3, -0.25) is 4.79 Å².